The third-order valence-electron chi connectivity index (χ3n) is 13.4. The van der Waals surface area contributed by atoms with Crippen LogP contribution in [0.5, 0.6) is 0 Å². The minimum atomic E-state index is 0.874. The molecule has 0 bridgehead atoms. The van der Waals surface area contributed by atoms with Crippen LogP contribution in [0.25, 0.3) is 87.7 Å². The number of anilines is 6. The van der Waals surface area contributed by atoms with E-state index in [0.29, 0.717) is 0 Å². The highest BCUT2D eigenvalue weighted by Crippen LogP contribution is 2.53. The average molecular weight is 875 g/mol. The molecule has 14 rings (SSSR count). The molecule has 1 aliphatic rings. The van der Waals surface area contributed by atoms with Crippen molar-refractivity contribution >= 4 is 111 Å². The van der Waals surface area contributed by atoms with Gasteiger partial charge in [-0.15, -0.1) is 0 Å². The van der Waals surface area contributed by atoms with Gasteiger partial charge in [0.2, 0.25) is 0 Å². The number of benzene rings is 11. The summed E-state index contributed by atoms with van der Waals surface area (Å²) in [6.07, 6.45) is 0. The van der Waals surface area contributed by atoms with Crippen molar-refractivity contribution in [1.29, 1.82) is 0 Å². The Morgan fingerprint density at radius 1 is 0.299 bits per heavy atom. The van der Waals surface area contributed by atoms with Crippen molar-refractivity contribution in [3.05, 3.63) is 231 Å². The maximum absolute atomic E-state index is 6.39. The number of hydrogen-bond acceptors (Lipinski definition) is 5. The van der Waals surface area contributed by atoms with Crippen molar-refractivity contribution in [2.75, 3.05) is 9.80 Å². The number of fused-ring (bicyclic) bond motifs is 10. The van der Waals surface area contributed by atoms with Crippen LogP contribution in [0, 0.1) is 0 Å². The SMILES string of the molecule is c1ccc(-c2ccccc2N(c2ccc3cc4c5c(cccc5c3c2)Sc2cc(N(c3ccccc3)c3ccc5c(c3)oc3ccccc35)ccc2-4)c2ccc3oc4ccccc4c3c2)cc1. The zero-order chi connectivity index (χ0) is 44.0. The Balaban J connectivity index is 0.917. The van der Waals surface area contributed by atoms with Crippen LogP contribution in [0.1, 0.15) is 0 Å². The molecule has 67 heavy (non-hydrogen) atoms. The van der Waals surface area contributed by atoms with Crippen molar-refractivity contribution in [2.24, 2.45) is 0 Å². The second-order valence-corrected chi connectivity index (χ2v) is 18.3. The van der Waals surface area contributed by atoms with Crippen LogP contribution in [0.3, 0.4) is 0 Å². The number of para-hydroxylation sites is 4. The Morgan fingerprint density at radius 2 is 0.896 bits per heavy atom. The number of furan rings is 2. The second kappa shape index (κ2) is 15.0. The maximum Gasteiger partial charge on any atom is 0.137 e. The first-order chi connectivity index (χ1) is 33.2. The third kappa shape index (κ3) is 6.09. The Morgan fingerprint density at radius 3 is 1.73 bits per heavy atom. The largest absolute Gasteiger partial charge is 0.456 e. The van der Waals surface area contributed by atoms with Gasteiger partial charge in [0.15, 0.2) is 0 Å². The van der Waals surface area contributed by atoms with Gasteiger partial charge in [-0.25, -0.2) is 0 Å². The highest BCUT2D eigenvalue weighted by molar-refractivity contribution is 7.99. The Kier molecular flexibility index (Phi) is 8.48. The smallest absolute Gasteiger partial charge is 0.137 e. The topological polar surface area (TPSA) is 32.8 Å². The first-order valence-corrected chi connectivity index (χ1v) is 23.5. The fourth-order valence-electron chi connectivity index (χ4n) is 10.4. The van der Waals surface area contributed by atoms with Gasteiger partial charge in [-0.2, -0.15) is 0 Å². The summed E-state index contributed by atoms with van der Waals surface area (Å²) in [5, 5.41) is 9.39. The lowest BCUT2D eigenvalue weighted by Crippen LogP contribution is -2.11. The summed E-state index contributed by atoms with van der Waals surface area (Å²) in [4.78, 5) is 7.22. The van der Waals surface area contributed by atoms with Gasteiger partial charge in [0.05, 0.1) is 5.69 Å². The predicted molar refractivity (Wildman–Crippen MR) is 280 cm³/mol. The van der Waals surface area contributed by atoms with E-state index in [1.165, 1.54) is 48.0 Å². The minimum absolute atomic E-state index is 0.874. The fourth-order valence-corrected chi connectivity index (χ4v) is 11.5. The summed E-state index contributed by atoms with van der Waals surface area (Å²) in [6, 6.07) is 82.8. The molecule has 0 unspecified atom stereocenters. The fraction of sp³-hybridized carbons (Fsp3) is 0. The average Bonchev–Trinajstić information content (AvgIpc) is 3.95. The zero-order valence-corrected chi connectivity index (χ0v) is 36.9. The standard InChI is InChI=1S/C62H38N2O2S/c1-3-14-39(15-4-1)46-18-7-10-22-55(46)64(43-30-33-58-53(36-43)48-20-9-12-24-57(48)65-58)42-27-26-40-34-54-50-32-29-45(38-61(50)67-60-25-13-21-51(62(54)60)52(40)35-42)63(41-16-5-2-6-17-41)44-28-31-49-47-19-8-11-23-56(47)66-59(49)37-44/h1-38H. The quantitative estimate of drug-likeness (QED) is 0.149. The summed E-state index contributed by atoms with van der Waals surface area (Å²) >= 11 is 1.85. The van der Waals surface area contributed by atoms with Gasteiger partial charge < -0.3 is 18.6 Å². The van der Waals surface area contributed by atoms with Gasteiger partial charge in [0.25, 0.3) is 0 Å². The molecular weight excluding hydrogens is 837 g/mol. The molecular formula is C62H38N2O2S. The van der Waals surface area contributed by atoms with E-state index >= 15 is 0 Å². The summed E-state index contributed by atoms with van der Waals surface area (Å²) in [5.74, 6) is 0. The summed E-state index contributed by atoms with van der Waals surface area (Å²) in [6.45, 7) is 0. The van der Waals surface area contributed by atoms with Crippen LogP contribution >= 0.6 is 11.8 Å². The van der Waals surface area contributed by atoms with E-state index < -0.39 is 0 Å². The lowest BCUT2D eigenvalue weighted by molar-refractivity contribution is 0.668. The summed E-state index contributed by atoms with van der Waals surface area (Å²) in [7, 11) is 0. The first kappa shape index (κ1) is 37.8. The van der Waals surface area contributed by atoms with Crippen LogP contribution < -0.4 is 9.80 Å². The van der Waals surface area contributed by atoms with Gasteiger partial charge in [-0.05, 0) is 130 Å². The molecule has 13 aromatic rings. The Hall–Kier alpha value is -8.51. The van der Waals surface area contributed by atoms with Crippen LogP contribution in [-0.2, 0) is 0 Å². The molecule has 0 aliphatic carbocycles. The van der Waals surface area contributed by atoms with Crippen molar-refractivity contribution in [2.45, 2.75) is 9.79 Å². The molecule has 0 saturated carbocycles. The Bertz CT molecular complexity index is 4100. The lowest BCUT2D eigenvalue weighted by Gasteiger charge is -2.29. The van der Waals surface area contributed by atoms with Crippen LogP contribution in [-0.4, -0.2) is 0 Å². The molecule has 4 nitrogen and oxygen atoms in total. The van der Waals surface area contributed by atoms with Crippen LogP contribution in [0.2, 0.25) is 0 Å². The number of nitrogens with zero attached hydrogens (tertiary/aromatic N) is 2. The monoisotopic (exact) mass is 874 g/mol. The first-order valence-electron chi connectivity index (χ1n) is 22.6. The molecule has 0 radical (unpaired) electrons. The van der Waals surface area contributed by atoms with E-state index in [9.17, 15) is 0 Å². The molecule has 11 aromatic carbocycles. The van der Waals surface area contributed by atoms with Gasteiger partial charge in [-0.1, -0.05) is 139 Å². The molecule has 0 fully saturated rings. The van der Waals surface area contributed by atoms with Gasteiger partial charge in [-0.3, -0.25) is 0 Å². The normalized spacial score (nSPS) is 12.1. The lowest BCUT2D eigenvalue weighted by atomic mass is 9.92. The van der Waals surface area contributed by atoms with Crippen molar-refractivity contribution in [3.8, 4) is 22.3 Å². The van der Waals surface area contributed by atoms with E-state index in [-0.39, 0.29) is 0 Å². The van der Waals surface area contributed by atoms with E-state index in [0.717, 1.165) is 83.6 Å². The number of rotatable bonds is 7. The van der Waals surface area contributed by atoms with E-state index in [1.54, 1.807) is 0 Å². The molecule has 2 aromatic heterocycles. The highest BCUT2D eigenvalue weighted by Gasteiger charge is 2.25. The van der Waals surface area contributed by atoms with Gasteiger partial charge >= 0.3 is 0 Å². The second-order valence-electron chi connectivity index (χ2n) is 17.2. The predicted octanol–water partition coefficient (Wildman–Crippen LogP) is 18.5. The molecule has 314 valence electrons. The molecule has 1 aliphatic heterocycles. The maximum atomic E-state index is 6.39. The summed E-state index contributed by atoms with van der Waals surface area (Å²) < 4.78 is 12.7. The molecule has 0 atom stereocenters. The van der Waals surface area contributed by atoms with Gasteiger partial charge in [0.1, 0.15) is 22.3 Å². The zero-order valence-electron chi connectivity index (χ0n) is 36.1. The molecule has 0 amide bonds. The van der Waals surface area contributed by atoms with E-state index in [2.05, 4.69) is 216 Å². The van der Waals surface area contributed by atoms with Crippen molar-refractivity contribution < 1.29 is 8.83 Å². The van der Waals surface area contributed by atoms with E-state index in [4.69, 9.17) is 8.83 Å². The Labute approximate surface area is 390 Å². The highest BCUT2D eigenvalue weighted by atomic mass is 32.2. The number of hydrogen-bond donors (Lipinski definition) is 0. The minimum Gasteiger partial charge on any atom is -0.456 e. The van der Waals surface area contributed by atoms with Crippen molar-refractivity contribution in [3.63, 3.8) is 0 Å². The molecule has 0 saturated heterocycles. The van der Waals surface area contributed by atoms with Crippen LogP contribution in [0.4, 0.5) is 34.1 Å². The molecule has 0 spiro atoms. The van der Waals surface area contributed by atoms with Crippen LogP contribution in [0.15, 0.2) is 249 Å². The van der Waals surface area contributed by atoms with Crippen molar-refractivity contribution in [1.82, 2.24) is 0 Å². The van der Waals surface area contributed by atoms with E-state index in [1.807, 2.05) is 36.0 Å². The molecule has 3 heterocycles. The third-order valence-corrected chi connectivity index (χ3v) is 14.5. The summed E-state index contributed by atoms with van der Waals surface area (Å²) in [5.41, 5.74) is 14.8. The molecule has 0 N–H and O–H groups in total. The molecule has 5 heteroatoms. The van der Waals surface area contributed by atoms with Gasteiger partial charge in [0, 0.05) is 76.8 Å².